The summed E-state index contributed by atoms with van der Waals surface area (Å²) >= 11 is 12.0. The van der Waals surface area contributed by atoms with Gasteiger partial charge in [-0.2, -0.15) is 0 Å². The van der Waals surface area contributed by atoms with Gasteiger partial charge in [0.2, 0.25) is 0 Å². The van der Waals surface area contributed by atoms with Crippen LogP contribution < -0.4 is 10.1 Å². The van der Waals surface area contributed by atoms with E-state index < -0.39 is 0 Å². The lowest BCUT2D eigenvalue weighted by molar-refractivity contribution is 0.302. The Morgan fingerprint density at radius 1 is 0.917 bits per heavy atom. The van der Waals surface area contributed by atoms with E-state index in [9.17, 15) is 0 Å². The van der Waals surface area contributed by atoms with E-state index in [0.717, 1.165) is 40.0 Å². The summed E-state index contributed by atoms with van der Waals surface area (Å²) < 4.78 is 5.97. The van der Waals surface area contributed by atoms with Crippen molar-refractivity contribution in [3.8, 4) is 5.75 Å². The second kappa shape index (κ2) is 10.6. The summed E-state index contributed by atoms with van der Waals surface area (Å²) in [6.07, 6.45) is 5.04. The van der Waals surface area contributed by atoms with Crippen LogP contribution in [0.3, 0.4) is 0 Å². The zero-order chi connectivity index (χ0) is 17.2. The minimum absolute atomic E-state index is 0.516. The molecule has 2 aromatic rings. The average Bonchev–Trinajstić information content (AvgIpc) is 2.58. The van der Waals surface area contributed by atoms with Gasteiger partial charge in [-0.1, -0.05) is 61.5 Å². The van der Waals surface area contributed by atoms with E-state index in [2.05, 4.69) is 12.2 Å². The fraction of sp³-hybridized carbons (Fsp3) is 0.400. The molecule has 0 amide bonds. The highest BCUT2D eigenvalue weighted by atomic mass is 35.5. The van der Waals surface area contributed by atoms with Gasteiger partial charge in [0, 0.05) is 22.2 Å². The van der Waals surface area contributed by atoms with Crippen molar-refractivity contribution in [3.05, 3.63) is 63.6 Å². The van der Waals surface area contributed by atoms with Crippen LogP contribution in [0.5, 0.6) is 5.75 Å². The quantitative estimate of drug-likeness (QED) is 0.503. The van der Waals surface area contributed by atoms with E-state index in [-0.39, 0.29) is 0 Å². The molecular weight excluding hydrogens is 341 g/mol. The van der Waals surface area contributed by atoms with Gasteiger partial charge in [0.1, 0.15) is 12.4 Å². The van der Waals surface area contributed by atoms with Crippen molar-refractivity contribution in [1.29, 1.82) is 0 Å². The minimum atomic E-state index is 0.516. The van der Waals surface area contributed by atoms with Gasteiger partial charge in [0.25, 0.3) is 0 Å². The predicted octanol–water partition coefficient (Wildman–Crippen LogP) is 6.24. The molecule has 1 N–H and O–H groups in total. The monoisotopic (exact) mass is 365 g/mol. The Labute approximate surface area is 155 Å². The maximum absolute atomic E-state index is 6.13. The Bertz CT molecular complexity index is 614. The summed E-state index contributed by atoms with van der Waals surface area (Å²) in [4.78, 5) is 0. The molecule has 2 rings (SSSR count). The van der Waals surface area contributed by atoms with Crippen LogP contribution in [0.15, 0.2) is 42.5 Å². The molecule has 0 fully saturated rings. The number of hydrogen-bond acceptors (Lipinski definition) is 2. The van der Waals surface area contributed by atoms with Gasteiger partial charge in [-0.3, -0.25) is 0 Å². The number of unbranched alkanes of at least 4 members (excludes halogenated alkanes) is 3. The van der Waals surface area contributed by atoms with Crippen molar-refractivity contribution in [3.63, 3.8) is 0 Å². The second-order valence-electron chi connectivity index (χ2n) is 5.90. The van der Waals surface area contributed by atoms with E-state index in [0.29, 0.717) is 6.61 Å². The molecular formula is C20H25Cl2NO. The Balaban J connectivity index is 1.88. The molecule has 0 bridgehead atoms. The minimum Gasteiger partial charge on any atom is -0.489 e. The number of hydrogen-bond donors (Lipinski definition) is 1. The molecule has 130 valence electrons. The highest BCUT2D eigenvalue weighted by Gasteiger charge is 2.05. The lowest BCUT2D eigenvalue weighted by Crippen LogP contribution is -2.15. The molecule has 0 aliphatic carbocycles. The molecule has 0 spiro atoms. The molecule has 0 aliphatic rings. The zero-order valence-electron chi connectivity index (χ0n) is 14.2. The molecule has 4 heteroatoms. The van der Waals surface area contributed by atoms with Crippen LogP contribution in [0.1, 0.15) is 43.7 Å². The molecule has 0 saturated carbocycles. The van der Waals surface area contributed by atoms with Gasteiger partial charge in [-0.25, -0.2) is 0 Å². The fourth-order valence-corrected chi connectivity index (χ4v) is 2.79. The van der Waals surface area contributed by atoms with Crippen LogP contribution in [-0.2, 0) is 13.2 Å². The second-order valence-corrected chi connectivity index (χ2v) is 6.78. The maximum atomic E-state index is 6.13. The molecule has 0 aliphatic heterocycles. The van der Waals surface area contributed by atoms with Crippen LogP contribution in [-0.4, -0.2) is 6.54 Å². The van der Waals surface area contributed by atoms with E-state index >= 15 is 0 Å². The summed E-state index contributed by atoms with van der Waals surface area (Å²) in [6.45, 7) is 4.53. The first-order valence-electron chi connectivity index (χ1n) is 8.55. The number of benzene rings is 2. The SMILES string of the molecule is CCCCCCNCc1cc(Cl)ccc1OCc1ccc(Cl)cc1. The lowest BCUT2D eigenvalue weighted by Gasteiger charge is -2.13. The number of nitrogens with one attached hydrogen (secondary N) is 1. The van der Waals surface area contributed by atoms with Gasteiger partial charge < -0.3 is 10.1 Å². The Kier molecular flexibility index (Phi) is 8.44. The summed E-state index contributed by atoms with van der Waals surface area (Å²) in [5.41, 5.74) is 2.18. The molecule has 0 atom stereocenters. The highest BCUT2D eigenvalue weighted by molar-refractivity contribution is 6.30. The van der Waals surface area contributed by atoms with E-state index in [4.69, 9.17) is 27.9 Å². The van der Waals surface area contributed by atoms with Gasteiger partial charge in [-0.05, 0) is 48.9 Å². The normalized spacial score (nSPS) is 10.8. The first kappa shape index (κ1) is 19.1. The fourth-order valence-electron chi connectivity index (χ4n) is 2.47. The Morgan fingerprint density at radius 2 is 1.67 bits per heavy atom. The van der Waals surface area contributed by atoms with Crippen molar-refractivity contribution >= 4 is 23.2 Å². The van der Waals surface area contributed by atoms with E-state index in [1.54, 1.807) is 0 Å². The van der Waals surface area contributed by atoms with Crippen LogP contribution in [0.25, 0.3) is 0 Å². The van der Waals surface area contributed by atoms with Crippen molar-refractivity contribution in [2.24, 2.45) is 0 Å². The van der Waals surface area contributed by atoms with Crippen molar-refractivity contribution in [2.45, 2.75) is 45.8 Å². The van der Waals surface area contributed by atoms with Gasteiger partial charge in [0.05, 0.1) is 0 Å². The smallest absolute Gasteiger partial charge is 0.124 e. The first-order chi connectivity index (χ1) is 11.7. The number of rotatable bonds is 10. The van der Waals surface area contributed by atoms with E-state index in [1.165, 1.54) is 25.7 Å². The summed E-state index contributed by atoms with van der Waals surface area (Å²) in [6, 6.07) is 13.5. The van der Waals surface area contributed by atoms with E-state index in [1.807, 2.05) is 42.5 Å². The Hall–Kier alpha value is -1.22. The third kappa shape index (κ3) is 6.72. The van der Waals surface area contributed by atoms with Crippen molar-refractivity contribution in [2.75, 3.05) is 6.54 Å². The third-order valence-electron chi connectivity index (χ3n) is 3.85. The number of ether oxygens (including phenoxy) is 1. The predicted molar refractivity (Wildman–Crippen MR) is 103 cm³/mol. The molecule has 0 radical (unpaired) electrons. The molecule has 0 aromatic heterocycles. The molecule has 0 unspecified atom stereocenters. The third-order valence-corrected chi connectivity index (χ3v) is 4.34. The van der Waals surface area contributed by atoms with Crippen LogP contribution in [0.4, 0.5) is 0 Å². The standard InChI is InChI=1S/C20H25Cl2NO/c1-2-3-4-5-12-23-14-17-13-19(22)10-11-20(17)24-15-16-6-8-18(21)9-7-16/h6-11,13,23H,2-5,12,14-15H2,1H3. The van der Waals surface area contributed by atoms with Crippen molar-refractivity contribution < 1.29 is 4.74 Å². The van der Waals surface area contributed by atoms with Crippen LogP contribution in [0.2, 0.25) is 10.0 Å². The highest BCUT2D eigenvalue weighted by Crippen LogP contribution is 2.24. The Morgan fingerprint density at radius 3 is 2.42 bits per heavy atom. The maximum Gasteiger partial charge on any atom is 0.124 e. The summed E-state index contributed by atoms with van der Waals surface area (Å²) in [5, 5.41) is 4.95. The molecule has 0 saturated heterocycles. The van der Waals surface area contributed by atoms with Gasteiger partial charge in [-0.15, -0.1) is 0 Å². The molecule has 24 heavy (non-hydrogen) atoms. The molecule has 2 nitrogen and oxygen atoms in total. The molecule has 2 aromatic carbocycles. The van der Waals surface area contributed by atoms with Gasteiger partial charge >= 0.3 is 0 Å². The van der Waals surface area contributed by atoms with Crippen molar-refractivity contribution in [1.82, 2.24) is 5.32 Å². The summed E-state index contributed by atoms with van der Waals surface area (Å²) in [7, 11) is 0. The lowest BCUT2D eigenvalue weighted by atomic mass is 10.1. The largest absolute Gasteiger partial charge is 0.489 e. The number of halogens is 2. The van der Waals surface area contributed by atoms with Gasteiger partial charge in [0.15, 0.2) is 0 Å². The summed E-state index contributed by atoms with van der Waals surface area (Å²) in [5.74, 6) is 0.871. The topological polar surface area (TPSA) is 21.3 Å². The zero-order valence-corrected chi connectivity index (χ0v) is 15.7. The van der Waals surface area contributed by atoms with Crippen LogP contribution >= 0.6 is 23.2 Å². The van der Waals surface area contributed by atoms with Crippen LogP contribution in [0, 0.1) is 0 Å². The molecule has 0 heterocycles. The first-order valence-corrected chi connectivity index (χ1v) is 9.31. The average molecular weight is 366 g/mol.